The number of hydrogen-bond acceptors (Lipinski definition) is 2. The zero-order chi connectivity index (χ0) is 34.1. The molecule has 51 heavy (non-hydrogen) atoms. The van der Waals surface area contributed by atoms with E-state index in [0.29, 0.717) is 0 Å². The zero-order valence-corrected chi connectivity index (χ0v) is 28.6. The Hall–Kier alpha value is -6.38. The molecule has 10 rings (SSSR count). The number of fused-ring (bicyclic) bond motifs is 7. The Morgan fingerprint density at radius 2 is 1.02 bits per heavy atom. The monoisotopic (exact) mass is 650 g/mol. The third-order valence-electron chi connectivity index (χ3n) is 10.9. The van der Waals surface area contributed by atoms with Crippen molar-refractivity contribution in [2.75, 3.05) is 0 Å². The molecule has 0 atom stereocenters. The fraction of sp³-hybridized carbons (Fsp3) is 0.0612. The minimum atomic E-state index is -0.120. The van der Waals surface area contributed by atoms with Gasteiger partial charge in [0.25, 0.3) is 0 Å². The first-order chi connectivity index (χ1) is 25.0. The lowest BCUT2D eigenvalue weighted by Crippen LogP contribution is -2.15. The van der Waals surface area contributed by atoms with Crippen molar-refractivity contribution in [3.8, 4) is 56.2 Å². The van der Waals surface area contributed by atoms with Crippen LogP contribution >= 0.6 is 0 Å². The van der Waals surface area contributed by atoms with E-state index in [1.807, 2.05) is 18.2 Å². The van der Waals surface area contributed by atoms with Crippen LogP contribution in [0.3, 0.4) is 0 Å². The van der Waals surface area contributed by atoms with Crippen LogP contribution in [0, 0.1) is 0 Å². The summed E-state index contributed by atoms with van der Waals surface area (Å²) in [4.78, 5) is 10.4. The summed E-state index contributed by atoms with van der Waals surface area (Å²) in [5.74, 6) is 0.719. The lowest BCUT2D eigenvalue weighted by molar-refractivity contribution is 0.666. The highest BCUT2D eigenvalue weighted by Gasteiger charge is 2.38. The van der Waals surface area contributed by atoms with Crippen LogP contribution in [-0.4, -0.2) is 9.97 Å². The predicted molar refractivity (Wildman–Crippen MR) is 214 cm³/mol. The Labute approximate surface area is 297 Å². The largest absolute Gasteiger partial charge is 0.228 e. The van der Waals surface area contributed by atoms with Crippen LogP contribution in [0.1, 0.15) is 25.0 Å². The van der Waals surface area contributed by atoms with E-state index >= 15 is 0 Å². The van der Waals surface area contributed by atoms with Crippen LogP contribution in [0.25, 0.3) is 88.5 Å². The quantitative estimate of drug-likeness (QED) is 0.189. The lowest BCUT2D eigenvalue weighted by atomic mass is 9.80. The lowest BCUT2D eigenvalue weighted by Gasteiger charge is -2.23. The molecule has 0 unspecified atom stereocenters. The second-order valence-corrected chi connectivity index (χ2v) is 14.2. The Bertz CT molecular complexity index is 2830. The van der Waals surface area contributed by atoms with Crippen molar-refractivity contribution in [1.82, 2.24) is 9.97 Å². The van der Waals surface area contributed by atoms with E-state index in [1.165, 1.54) is 65.7 Å². The van der Waals surface area contributed by atoms with E-state index in [1.54, 1.807) is 0 Å². The van der Waals surface area contributed by atoms with Crippen molar-refractivity contribution in [1.29, 1.82) is 0 Å². The van der Waals surface area contributed by atoms with Crippen molar-refractivity contribution in [2.24, 2.45) is 0 Å². The molecule has 0 radical (unpaired) electrons. The Morgan fingerprint density at radius 1 is 0.392 bits per heavy atom. The van der Waals surface area contributed by atoms with Gasteiger partial charge in [-0.05, 0) is 77.8 Å². The second kappa shape index (κ2) is 11.3. The summed E-state index contributed by atoms with van der Waals surface area (Å²) in [5, 5.41) is 7.42. The smallest absolute Gasteiger partial charge is 0.160 e. The van der Waals surface area contributed by atoms with Gasteiger partial charge < -0.3 is 0 Å². The first kappa shape index (κ1) is 29.5. The first-order valence-electron chi connectivity index (χ1n) is 17.7. The topological polar surface area (TPSA) is 25.8 Å². The molecular formula is C49H34N2. The molecule has 0 spiro atoms. The Kier molecular flexibility index (Phi) is 6.56. The molecule has 9 aromatic rings. The molecule has 8 aromatic carbocycles. The van der Waals surface area contributed by atoms with Crippen molar-refractivity contribution >= 4 is 32.3 Å². The number of aromatic nitrogens is 2. The summed E-state index contributed by atoms with van der Waals surface area (Å²) in [5.41, 5.74) is 12.8. The molecule has 1 aliphatic rings. The van der Waals surface area contributed by atoms with Gasteiger partial charge in [0, 0.05) is 22.1 Å². The third kappa shape index (κ3) is 4.64. The number of hydrogen-bond donors (Lipinski definition) is 0. The van der Waals surface area contributed by atoms with Crippen LogP contribution in [0.15, 0.2) is 170 Å². The van der Waals surface area contributed by atoms with E-state index in [0.717, 1.165) is 33.9 Å². The van der Waals surface area contributed by atoms with Gasteiger partial charge in [-0.15, -0.1) is 0 Å². The van der Waals surface area contributed by atoms with Gasteiger partial charge in [0.2, 0.25) is 0 Å². The van der Waals surface area contributed by atoms with Gasteiger partial charge >= 0.3 is 0 Å². The van der Waals surface area contributed by atoms with E-state index < -0.39 is 0 Å². The van der Waals surface area contributed by atoms with Crippen molar-refractivity contribution in [2.45, 2.75) is 19.3 Å². The van der Waals surface area contributed by atoms with Gasteiger partial charge in [0.1, 0.15) is 0 Å². The summed E-state index contributed by atoms with van der Waals surface area (Å²) < 4.78 is 0. The van der Waals surface area contributed by atoms with Gasteiger partial charge in [-0.1, -0.05) is 172 Å². The minimum Gasteiger partial charge on any atom is -0.228 e. The average molecular weight is 651 g/mol. The van der Waals surface area contributed by atoms with Crippen molar-refractivity contribution in [3.05, 3.63) is 181 Å². The van der Waals surface area contributed by atoms with Gasteiger partial charge in [-0.25, -0.2) is 9.97 Å². The zero-order valence-electron chi connectivity index (χ0n) is 28.6. The molecule has 0 fully saturated rings. The van der Waals surface area contributed by atoms with E-state index in [2.05, 4.69) is 166 Å². The summed E-state index contributed by atoms with van der Waals surface area (Å²) in [7, 11) is 0. The highest BCUT2D eigenvalue weighted by atomic mass is 14.9. The van der Waals surface area contributed by atoms with Gasteiger partial charge in [-0.2, -0.15) is 0 Å². The fourth-order valence-electron chi connectivity index (χ4n) is 8.43. The molecule has 1 aromatic heterocycles. The molecule has 1 aliphatic carbocycles. The summed E-state index contributed by atoms with van der Waals surface area (Å²) in [6, 6.07) is 61.2. The molecule has 0 saturated carbocycles. The molecule has 0 N–H and O–H groups in total. The van der Waals surface area contributed by atoms with E-state index in [9.17, 15) is 0 Å². The van der Waals surface area contributed by atoms with Gasteiger partial charge in [0.15, 0.2) is 5.82 Å². The number of nitrogens with zero attached hydrogens (tertiary/aromatic N) is 2. The molecule has 0 bridgehead atoms. The van der Waals surface area contributed by atoms with Crippen molar-refractivity contribution < 1.29 is 0 Å². The molecule has 1 heterocycles. The van der Waals surface area contributed by atoms with Crippen LogP contribution in [0.2, 0.25) is 0 Å². The normalized spacial score (nSPS) is 13.1. The summed E-state index contributed by atoms with van der Waals surface area (Å²) in [6.07, 6.45) is 0. The first-order valence-corrected chi connectivity index (χ1v) is 17.7. The van der Waals surface area contributed by atoms with Crippen LogP contribution in [-0.2, 0) is 5.41 Å². The predicted octanol–water partition coefficient (Wildman–Crippen LogP) is 12.9. The molecule has 0 saturated heterocycles. The van der Waals surface area contributed by atoms with Crippen molar-refractivity contribution in [3.63, 3.8) is 0 Å². The third-order valence-corrected chi connectivity index (χ3v) is 10.9. The maximum atomic E-state index is 5.24. The van der Waals surface area contributed by atoms with Crippen LogP contribution < -0.4 is 0 Å². The molecular weight excluding hydrogens is 617 g/mol. The second-order valence-electron chi connectivity index (χ2n) is 14.2. The Morgan fingerprint density at radius 3 is 1.84 bits per heavy atom. The summed E-state index contributed by atoms with van der Waals surface area (Å²) in [6.45, 7) is 4.75. The van der Waals surface area contributed by atoms with Crippen LogP contribution in [0.5, 0.6) is 0 Å². The molecule has 240 valence electrons. The highest BCUT2D eigenvalue weighted by Crippen LogP contribution is 2.55. The highest BCUT2D eigenvalue weighted by molar-refractivity contribution is 6.09. The maximum absolute atomic E-state index is 5.24. The van der Waals surface area contributed by atoms with E-state index in [-0.39, 0.29) is 5.41 Å². The summed E-state index contributed by atoms with van der Waals surface area (Å²) >= 11 is 0. The molecule has 2 nitrogen and oxygen atoms in total. The van der Waals surface area contributed by atoms with E-state index in [4.69, 9.17) is 9.97 Å². The molecule has 0 aliphatic heterocycles. The van der Waals surface area contributed by atoms with Gasteiger partial charge in [0.05, 0.1) is 11.4 Å². The van der Waals surface area contributed by atoms with Gasteiger partial charge in [-0.3, -0.25) is 0 Å². The minimum absolute atomic E-state index is 0.120. The number of rotatable bonds is 4. The standard InChI is InChI=1S/C49H34N2/c1-49(2)43-22-12-21-41(46(43)42-26-25-32-14-8-9-18-36(32)47(42)49)39-27-28-40(38-20-11-10-19-37(38)39)45-30-44(50-48(51-45)33-15-4-3-5-16-33)35-24-23-31-13-6-7-17-34(31)29-35/h3-30H,1-2H3. The van der Waals surface area contributed by atoms with Crippen LogP contribution in [0.4, 0.5) is 0 Å². The number of benzene rings is 8. The fourth-order valence-corrected chi connectivity index (χ4v) is 8.43. The Balaban J connectivity index is 1.19. The molecule has 0 amide bonds. The average Bonchev–Trinajstić information content (AvgIpc) is 3.44. The molecule has 2 heteroatoms. The SMILES string of the molecule is CC1(C)c2cccc(-c3ccc(-c4cc(-c5ccc6ccccc6c5)nc(-c5ccccc5)n4)c4ccccc34)c2-c2ccc3ccccc3c21. The maximum Gasteiger partial charge on any atom is 0.160 e.